The lowest BCUT2D eigenvalue weighted by molar-refractivity contribution is -0.137. The number of benzene rings is 2. The number of hydrogen-bond acceptors (Lipinski definition) is 2. The standard InChI is InChI=1S/C21H25F3N2O.ClH/c1-2-3-4-19(25)20(27)26-14-13-15-5-7-16(8-6-15)17-9-11-18(12-10-17)21(22,23)24;/h5-12,19H,2-4,13-14,25H2,1H3,(H,26,27);1H/t19-;/m0./s1. The summed E-state index contributed by atoms with van der Waals surface area (Å²) in [5.41, 5.74) is 7.77. The number of amides is 1. The topological polar surface area (TPSA) is 55.1 Å². The highest BCUT2D eigenvalue weighted by molar-refractivity contribution is 5.85. The third kappa shape index (κ3) is 7.17. The average molecular weight is 415 g/mol. The van der Waals surface area contributed by atoms with Gasteiger partial charge in [-0.2, -0.15) is 13.2 Å². The summed E-state index contributed by atoms with van der Waals surface area (Å²) in [6.07, 6.45) is -1.04. The van der Waals surface area contributed by atoms with Gasteiger partial charge in [0.2, 0.25) is 5.91 Å². The van der Waals surface area contributed by atoms with E-state index in [0.29, 0.717) is 19.4 Å². The highest BCUT2D eigenvalue weighted by Crippen LogP contribution is 2.31. The Labute approximate surface area is 169 Å². The summed E-state index contributed by atoms with van der Waals surface area (Å²) < 4.78 is 37.9. The normalized spacial score (nSPS) is 12.2. The summed E-state index contributed by atoms with van der Waals surface area (Å²) in [5, 5.41) is 2.84. The first kappa shape index (κ1) is 24.0. The van der Waals surface area contributed by atoms with Gasteiger partial charge >= 0.3 is 6.18 Å². The molecule has 154 valence electrons. The molecule has 0 bridgehead atoms. The van der Waals surface area contributed by atoms with Crippen LogP contribution in [0.3, 0.4) is 0 Å². The molecule has 0 saturated heterocycles. The van der Waals surface area contributed by atoms with Crippen LogP contribution < -0.4 is 11.1 Å². The Hall–Kier alpha value is -2.05. The van der Waals surface area contributed by atoms with Crippen LogP contribution in [0.15, 0.2) is 48.5 Å². The van der Waals surface area contributed by atoms with Gasteiger partial charge in [0.15, 0.2) is 0 Å². The second-order valence-corrected chi connectivity index (χ2v) is 6.56. The minimum Gasteiger partial charge on any atom is -0.354 e. The van der Waals surface area contributed by atoms with Crippen molar-refractivity contribution in [2.24, 2.45) is 5.73 Å². The zero-order valence-electron chi connectivity index (χ0n) is 15.8. The molecule has 2 aromatic carbocycles. The highest BCUT2D eigenvalue weighted by atomic mass is 35.5. The van der Waals surface area contributed by atoms with E-state index in [1.54, 1.807) is 0 Å². The third-order valence-corrected chi connectivity index (χ3v) is 4.42. The van der Waals surface area contributed by atoms with Crippen LogP contribution >= 0.6 is 12.4 Å². The van der Waals surface area contributed by atoms with E-state index in [-0.39, 0.29) is 18.3 Å². The van der Waals surface area contributed by atoms with E-state index in [1.807, 2.05) is 24.3 Å². The number of hydrogen-bond donors (Lipinski definition) is 2. The van der Waals surface area contributed by atoms with Crippen LogP contribution in [0.1, 0.15) is 37.3 Å². The molecule has 2 aromatic rings. The minimum absolute atomic E-state index is 0. The van der Waals surface area contributed by atoms with E-state index >= 15 is 0 Å². The monoisotopic (exact) mass is 414 g/mol. The number of halogens is 4. The molecule has 2 rings (SSSR count). The summed E-state index contributed by atoms with van der Waals surface area (Å²) in [7, 11) is 0. The van der Waals surface area contributed by atoms with Gasteiger partial charge in [-0.3, -0.25) is 4.79 Å². The molecule has 0 unspecified atom stereocenters. The molecular weight excluding hydrogens is 389 g/mol. The largest absolute Gasteiger partial charge is 0.416 e. The van der Waals surface area contributed by atoms with Gasteiger partial charge in [0, 0.05) is 6.54 Å². The second kappa shape index (κ2) is 11.1. The summed E-state index contributed by atoms with van der Waals surface area (Å²) in [4.78, 5) is 11.9. The van der Waals surface area contributed by atoms with Gasteiger partial charge in [0.1, 0.15) is 0 Å². The van der Waals surface area contributed by atoms with Gasteiger partial charge in [-0.15, -0.1) is 12.4 Å². The van der Waals surface area contributed by atoms with Crippen LogP contribution in [-0.4, -0.2) is 18.5 Å². The van der Waals surface area contributed by atoms with Crippen molar-refractivity contribution in [1.29, 1.82) is 0 Å². The van der Waals surface area contributed by atoms with Crippen molar-refractivity contribution < 1.29 is 18.0 Å². The van der Waals surface area contributed by atoms with E-state index in [1.165, 1.54) is 12.1 Å². The zero-order chi connectivity index (χ0) is 19.9. The summed E-state index contributed by atoms with van der Waals surface area (Å²) in [6.45, 7) is 2.55. The molecule has 0 aliphatic rings. The van der Waals surface area contributed by atoms with Crippen molar-refractivity contribution in [3.63, 3.8) is 0 Å². The number of carbonyl (C=O) groups excluding carboxylic acids is 1. The Bertz CT molecular complexity index is 731. The van der Waals surface area contributed by atoms with Gasteiger partial charge < -0.3 is 11.1 Å². The molecule has 0 radical (unpaired) electrons. The van der Waals surface area contributed by atoms with Gasteiger partial charge in [0.25, 0.3) is 0 Å². The number of nitrogens with one attached hydrogen (secondary N) is 1. The van der Waals surface area contributed by atoms with Crippen molar-refractivity contribution in [1.82, 2.24) is 5.32 Å². The third-order valence-electron chi connectivity index (χ3n) is 4.42. The molecular formula is C21H26ClF3N2O. The molecule has 28 heavy (non-hydrogen) atoms. The first-order valence-electron chi connectivity index (χ1n) is 9.11. The summed E-state index contributed by atoms with van der Waals surface area (Å²) in [6, 6.07) is 12.2. The number of nitrogens with two attached hydrogens (primary N) is 1. The molecule has 0 heterocycles. The number of alkyl halides is 3. The quantitative estimate of drug-likeness (QED) is 0.640. The second-order valence-electron chi connectivity index (χ2n) is 6.56. The molecule has 0 saturated carbocycles. The Kier molecular flexibility index (Phi) is 9.49. The molecule has 1 atom stereocenters. The molecule has 3 N–H and O–H groups in total. The van der Waals surface area contributed by atoms with Gasteiger partial charge in [-0.25, -0.2) is 0 Å². The van der Waals surface area contributed by atoms with Gasteiger partial charge in [-0.1, -0.05) is 56.2 Å². The Morgan fingerprint density at radius 1 is 1.04 bits per heavy atom. The smallest absolute Gasteiger partial charge is 0.354 e. The fourth-order valence-electron chi connectivity index (χ4n) is 2.73. The van der Waals surface area contributed by atoms with Crippen LogP contribution in [0.4, 0.5) is 13.2 Å². The van der Waals surface area contributed by atoms with Crippen LogP contribution in [-0.2, 0) is 17.4 Å². The Morgan fingerprint density at radius 3 is 2.07 bits per heavy atom. The summed E-state index contributed by atoms with van der Waals surface area (Å²) >= 11 is 0. The maximum Gasteiger partial charge on any atom is 0.416 e. The van der Waals surface area contributed by atoms with Crippen LogP contribution in [0, 0.1) is 0 Å². The molecule has 0 fully saturated rings. The maximum absolute atomic E-state index is 12.6. The molecule has 0 aliphatic heterocycles. The summed E-state index contributed by atoms with van der Waals surface area (Å²) in [5.74, 6) is -0.134. The molecule has 7 heteroatoms. The van der Waals surface area contributed by atoms with Crippen molar-refractivity contribution in [2.75, 3.05) is 6.54 Å². The average Bonchev–Trinajstić information content (AvgIpc) is 2.66. The maximum atomic E-state index is 12.6. The van der Waals surface area contributed by atoms with Crippen molar-refractivity contribution in [3.8, 4) is 11.1 Å². The first-order chi connectivity index (χ1) is 12.8. The lowest BCUT2D eigenvalue weighted by Gasteiger charge is -2.12. The number of unbranched alkanes of at least 4 members (excludes halogenated alkanes) is 1. The highest BCUT2D eigenvalue weighted by Gasteiger charge is 2.29. The molecule has 3 nitrogen and oxygen atoms in total. The van der Waals surface area contributed by atoms with E-state index in [0.717, 1.165) is 41.7 Å². The number of carbonyl (C=O) groups is 1. The van der Waals surface area contributed by atoms with Gasteiger partial charge in [0.05, 0.1) is 11.6 Å². The molecule has 1 amide bonds. The van der Waals surface area contributed by atoms with E-state index in [9.17, 15) is 18.0 Å². The number of rotatable bonds is 8. The Balaban J connectivity index is 0.00000392. The Morgan fingerprint density at radius 2 is 1.57 bits per heavy atom. The molecule has 0 aliphatic carbocycles. The van der Waals surface area contributed by atoms with Crippen molar-refractivity contribution in [3.05, 3.63) is 59.7 Å². The molecule has 0 spiro atoms. The van der Waals surface area contributed by atoms with Crippen molar-refractivity contribution in [2.45, 2.75) is 44.8 Å². The van der Waals surface area contributed by atoms with Crippen LogP contribution in [0.25, 0.3) is 11.1 Å². The predicted octanol–water partition coefficient (Wildman–Crippen LogP) is 4.97. The van der Waals surface area contributed by atoms with E-state index in [2.05, 4.69) is 12.2 Å². The lowest BCUT2D eigenvalue weighted by atomic mass is 10.0. The van der Waals surface area contributed by atoms with Crippen LogP contribution in [0.5, 0.6) is 0 Å². The van der Waals surface area contributed by atoms with Crippen molar-refractivity contribution >= 4 is 18.3 Å². The molecule has 0 aromatic heterocycles. The van der Waals surface area contributed by atoms with E-state index < -0.39 is 17.8 Å². The first-order valence-corrected chi connectivity index (χ1v) is 9.11. The SMILES string of the molecule is CCCC[C@H](N)C(=O)NCCc1ccc(-c2ccc(C(F)(F)F)cc2)cc1.Cl. The lowest BCUT2D eigenvalue weighted by Crippen LogP contribution is -2.41. The van der Waals surface area contributed by atoms with Crippen LogP contribution in [0.2, 0.25) is 0 Å². The minimum atomic E-state index is -4.33. The fourth-order valence-corrected chi connectivity index (χ4v) is 2.73. The zero-order valence-corrected chi connectivity index (χ0v) is 16.6. The van der Waals surface area contributed by atoms with Gasteiger partial charge in [-0.05, 0) is 41.7 Å². The predicted molar refractivity (Wildman–Crippen MR) is 108 cm³/mol. The van der Waals surface area contributed by atoms with E-state index in [4.69, 9.17) is 5.73 Å². The fraction of sp³-hybridized carbons (Fsp3) is 0.381.